The molecule has 0 N–H and O–H groups in total. The van der Waals surface area contributed by atoms with Crippen LogP contribution in [0.1, 0.15) is 31.7 Å². The SMILES string of the molecule is CCCCCSCc1cccc(F)c1Br. The molecule has 1 aromatic carbocycles. The summed E-state index contributed by atoms with van der Waals surface area (Å²) in [4.78, 5) is 0. The minimum absolute atomic E-state index is 0.165. The molecule has 0 saturated heterocycles. The van der Waals surface area contributed by atoms with Crippen molar-refractivity contribution in [2.75, 3.05) is 5.75 Å². The summed E-state index contributed by atoms with van der Waals surface area (Å²) in [5.74, 6) is 1.89. The lowest BCUT2D eigenvalue weighted by Crippen LogP contribution is -1.88. The number of unbranched alkanes of at least 4 members (excludes halogenated alkanes) is 2. The third-order valence-corrected chi connectivity index (χ3v) is 4.16. The normalized spacial score (nSPS) is 10.6. The van der Waals surface area contributed by atoms with Gasteiger partial charge < -0.3 is 0 Å². The van der Waals surface area contributed by atoms with Gasteiger partial charge in [0.2, 0.25) is 0 Å². The zero-order valence-electron chi connectivity index (χ0n) is 8.93. The van der Waals surface area contributed by atoms with Crippen molar-refractivity contribution in [3.05, 3.63) is 34.1 Å². The van der Waals surface area contributed by atoms with Gasteiger partial charge in [0.15, 0.2) is 0 Å². The molecule has 0 aliphatic heterocycles. The second kappa shape index (κ2) is 7.29. The van der Waals surface area contributed by atoms with Crippen molar-refractivity contribution < 1.29 is 4.39 Å². The first-order valence-corrected chi connectivity index (χ1v) is 7.21. The Balaban J connectivity index is 2.34. The van der Waals surface area contributed by atoms with E-state index in [4.69, 9.17) is 0 Å². The number of rotatable bonds is 6. The molecule has 0 bridgehead atoms. The Morgan fingerprint density at radius 2 is 2.13 bits per heavy atom. The highest BCUT2D eigenvalue weighted by Crippen LogP contribution is 2.24. The molecule has 0 amide bonds. The summed E-state index contributed by atoms with van der Waals surface area (Å²) in [6.45, 7) is 2.20. The van der Waals surface area contributed by atoms with Crippen LogP contribution in [0.4, 0.5) is 4.39 Å². The van der Waals surface area contributed by atoms with Gasteiger partial charge in [0.05, 0.1) is 4.47 Å². The van der Waals surface area contributed by atoms with Crippen molar-refractivity contribution in [3.63, 3.8) is 0 Å². The predicted octanol–water partition coefficient (Wildman–Crippen LogP) is 5.01. The third kappa shape index (κ3) is 4.56. The summed E-state index contributed by atoms with van der Waals surface area (Å²) in [6.07, 6.45) is 3.80. The van der Waals surface area contributed by atoms with Crippen LogP contribution in [0, 0.1) is 5.82 Å². The molecule has 1 aromatic rings. The number of halogens is 2. The Kier molecular flexibility index (Phi) is 6.34. The average molecular weight is 291 g/mol. The first-order valence-electron chi connectivity index (χ1n) is 5.26. The van der Waals surface area contributed by atoms with Crippen molar-refractivity contribution in [3.8, 4) is 0 Å². The number of thioether (sulfide) groups is 1. The molecule has 0 unspecified atom stereocenters. The molecule has 15 heavy (non-hydrogen) atoms. The largest absolute Gasteiger partial charge is 0.206 e. The van der Waals surface area contributed by atoms with Crippen molar-refractivity contribution >= 4 is 27.7 Å². The van der Waals surface area contributed by atoms with Gasteiger partial charge in [-0.2, -0.15) is 11.8 Å². The molecule has 0 spiro atoms. The monoisotopic (exact) mass is 290 g/mol. The number of hydrogen-bond acceptors (Lipinski definition) is 1. The minimum Gasteiger partial charge on any atom is -0.206 e. The van der Waals surface area contributed by atoms with Crippen molar-refractivity contribution in [2.24, 2.45) is 0 Å². The molecule has 0 aromatic heterocycles. The van der Waals surface area contributed by atoms with E-state index in [1.807, 2.05) is 17.8 Å². The Labute approximate surface area is 104 Å². The summed E-state index contributed by atoms with van der Waals surface area (Å²) >= 11 is 5.15. The summed E-state index contributed by atoms with van der Waals surface area (Å²) in [7, 11) is 0. The average Bonchev–Trinajstić information content (AvgIpc) is 2.24. The molecule has 0 heterocycles. The lowest BCUT2D eigenvalue weighted by atomic mass is 10.2. The van der Waals surface area contributed by atoms with E-state index in [-0.39, 0.29) is 5.82 Å². The van der Waals surface area contributed by atoms with Crippen LogP contribution >= 0.6 is 27.7 Å². The molecule has 0 saturated carbocycles. The molecular weight excluding hydrogens is 275 g/mol. The molecule has 84 valence electrons. The predicted molar refractivity (Wildman–Crippen MR) is 69.8 cm³/mol. The van der Waals surface area contributed by atoms with E-state index in [1.165, 1.54) is 25.3 Å². The van der Waals surface area contributed by atoms with Gasteiger partial charge in [0, 0.05) is 5.75 Å². The van der Waals surface area contributed by atoms with Crippen LogP contribution in [0.2, 0.25) is 0 Å². The Hall–Kier alpha value is -0.0200. The number of benzene rings is 1. The summed E-state index contributed by atoms with van der Waals surface area (Å²) in [5, 5.41) is 0. The highest BCUT2D eigenvalue weighted by Gasteiger charge is 2.04. The molecule has 0 fully saturated rings. The molecule has 3 heteroatoms. The second-order valence-electron chi connectivity index (χ2n) is 3.47. The van der Waals surface area contributed by atoms with E-state index in [0.29, 0.717) is 4.47 Å². The molecule has 0 atom stereocenters. The van der Waals surface area contributed by atoms with Gasteiger partial charge in [-0.3, -0.25) is 0 Å². The van der Waals surface area contributed by atoms with Gasteiger partial charge in [-0.15, -0.1) is 0 Å². The van der Waals surface area contributed by atoms with Gasteiger partial charge in [0.25, 0.3) is 0 Å². The molecule has 0 nitrogen and oxygen atoms in total. The smallest absolute Gasteiger partial charge is 0.137 e. The van der Waals surface area contributed by atoms with Gasteiger partial charge in [0.1, 0.15) is 5.82 Å². The molecule has 0 aliphatic carbocycles. The Bertz CT molecular complexity index is 302. The van der Waals surface area contributed by atoms with Gasteiger partial charge >= 0.3 is 0 Å². The maximum Gasteiger partial charge on any atom is 0.137 e. The van der Waals surface area contributed by atoms with Crippen LogP contribution in [0.25, 0.3) is 0 Å². The zero-order chi connectivity index (χ0) is 11.1. The lowest BCUT2D eigenvalue weighted by Gasteiger charge is -2.04. The van der Waals surface area contributed by atoms with E-state index in [9.17, 15) is 4.39 Å². The van der Waals surface area contributed by atoms with Crippen molar-refractivity contribution in [1.82, 2.24) is 0 Å². The molecule has 1 rings (SSSR count). The van der Waals surface area contributed by atoms with E-state index in [1.54, 1.807) is 6.07 Å². The maximum absolute atomic E-state index is 13.2. The fourth-order valence-electron chi connectivity index (χ4n) is 1.30. The molecular formula is C12H16BrFS. The molecule has 0 aliphatic rings. The first kappa shape index (κ1) is 13.0. The number of hydrogen-bond donors (Lipinski definition) is 0. The highest BCUT2D eigenvalue weighted by molar-refractivity contribution is 9.10. The van der Waals surface area contributed by atoms with E-state index in [0.717, 1.165) is 17.1 Å². The maximum atomic E-state index is 13.2. The van der Waals surface area contributed by atoms with Crippen LogP contribution in [0.3, 0.4) is 0 Å². The summed E-state index contributed by atoms with van der Waals surface area (Å²) < 4.78 is 13.8. The Morgan fingerprint density at radius 3 is 2.87 bits per heavy atom. The van der Waals surface area contributed by atoms with E-state index >= 15 is 0 Å². The van der Waals surface area contributed by atoms with Crippen LogP contribution in [0.5, 0.6) is 0 Å². The highest BCUT2D eigenvalue weighted by atomic mass is 79.9. The van der Waals surface area contributed by atoms with E-state index in [2.05, 4.69) is 22.9 Å². The second-order valence-corrected chi connectivity index (χ2v) is 5.37. The quantitative estimate of drug-likeness (QED) is 0.664. The topological polar surface area (TPSA) is 0 Å². The van der Waals surface area contributed by atoms with Crippen LogP contribution in [-0.4, -0.2) is 5.75 Å². The van der Waals surface area contributed by atoms with E-state index < -0.39 is 0 Å². The van der Waals surface area contributed by atoms with Crippen LogP contribution < -0.4 is 0 Å². The minimum atomic E-state index is -0.165. The Morgan fingerprint density at radius 1 is 1.33 bits per heavy atom. The molecule has 0 radical (unpaired) electrons. The van der Waals surface area contributed by atoms with Gasteiger partial charge in [-0.1, -0.05) is 31.9 Å². The fraction of sp³-hybridized carbons (Fsp3) is 0.500. The van der Waals surface area contributed by atoms with Crippen molar-refractivity contribution in [1.29, 1.82) is 0 Å². The standard InChI is InChI=1S/C12H16BrFS/c1-2-3-4-8-15-9-10-6-5-7-11(14)12(10)13/h5-7H,2-4,8-9H2,1H3. The first-order chi connectivity index (χ1) is 7.25. The zero-order valence-corrected chi connectivity index (χ0v) is 11.3. The van der Waals surface area contributed by atoms with Crippen molar-refractivity contribution in [2.45, 2.75) is 31.9 Å². The lowest BCUT2D eigenvalue weighted by molar-refractivity contribution is 0.619. The van der Waals surface area contributed by atoms with Crippen LogP contribution in [0.15, 0.2) is 22.7 Å². The van der Waals surface area contributed by atoms with Gasteiger partial charge in [-0.05, 0) is 39.7 Å². The summed E-state index contributed by atoms with van der Waals surface area (Å²) in [5.41, 5.74) is 1.05. The third-order valence-electron chi connectivity index (χ3n) is 2.18. The summed E-state index contributed by atoms with van der Waals surface area (Å²) in [6, 6.07) is 5.22. The van der Waals surface area contributed by atoms with Gasteiger partial charge in [-0.25, -0.2) is 4.39 Å². The van der Waals surface area contributed by atoms with Crippen LogP contribution in [-0.2, 0) is 5.75 Å². The fourth-order valence-corrected chi connectivity index (χ4v) is 2.90.